The van der Waals surface area contributed by atoms with E-state index < -0.39 is 0 Å². The number of benzene rings is 3. The third-order valence-corrected chi connectivity index (χ3v) is 4.62. The van der Waals surface area contributed by atoms with Crippen molar-refractivity contribution in [3.8, 4) is 5.75 Å². The van der Waals surface area contributed by atoms with Gasteiger partial charge in [-0.15, -0.1) is 0 Å². The number of hydrogen-bond acceptors (Lipinski definition) is 2. The lowest BCUT2D eigenvalue weighted by atomic mass is 9.91. The lowest BCUT2D eigenvalue weighted by Gasteiger charge is -2.18. The van der Waals surface area contributed by atoms with Gasteiger partial charge < -0.3 is 10.5 Å². The highest BCUT2D eigenvalue weighted by Gasteiger charge is 2.13. The average Bonchev–Trinajstić information content (AvgIpc) is 2.61. The van der Waals surface area contributed by atoms with Gasteiger partial charge in [0, 0.05) is 0 Å². The summed E-state index contributed by atoms with van der Waals surface area (Å²) in [6, 6.07) is 21.3. The SMILES string of the molecule is Cc1ccc(C)c(OCCC(CN)c2cccc3ccccc23)c1. The van der Waals surface area contributed by atoms with Gasteiger partial charge in [-0.2, -0.15) is 0 Å². The Bertz CT molecular complexity index is 820. The smallest absolute Gasteiger partial charge is 0.122 e. The first-order valence-corrected chi connectivity index (χ1v) is 8.57. The Hall–Kier alpha value is -2.32. The summed E-state index contributed by atoms with van der Waals surface area (Å²) in [6.45, 7) is 5.48. The van der Waals surface area contributed by atoms with Gasteiger partial charge in [-0.25, -0.2) is 0 Å². The molecule has 0 radical (unpaired) electrons. The first-order valence-electron chi connectivity index (χ1n) is 8.57. The minimum Gasteiger partial charge on any atom is -0.493 e. The number of aryl methyl sites for hydroxylation is 2. The maximum atomic E-state index is 6.07. The average molecular weight is 319 g/mol. The zero-order chi connectivity index (χ0) is 16.9. The van der Waals surface area contributed by atoms with E-state index in [1.807, 2.05) is 0 Å². The van der Waals surface area contributed by atoms with E-state index in [9.17, 15) is 0 Å². The molecule has 1 unspecified atom stereocenters. The zero-order valence-electron chi connectivity index (χ0n) is 14.5. The fraction of sp³-hybridized carbons (Fsp3) is 0.273. The molecule has 0 heterocycles. The first-order chi connectivity index (χ1) is 11.7. The molecule has 124 valence electrons. The number of ether oxygens (including phenoxy) is 1. The van der Waals surface area contributed by atoms with E-state index >= 15 is 0 Å². The summed E-state index contributed by atoms with van der Waals surface area (Å²) in [6.07, 6.45) is 0.915. The predicted octanol–water partition coefficient (Wildman–Crippen LogP) is 4.97. The summed E-state index contributed by atoms with van der Waals surface area (Å²) in [5.41, 5.74) is 9.79. The van der Waals surface area contributed by atoms with E-state index in [0.717, 1.165) is 12.2 Å². The van der Waals surface area contributed by atoms with Crippen LogP contribution in [0.1, 0.15) is 29.0 Å². The van der Waals surface area contributed by atoms with Crippen LogP contribution in [-0.4, -0.2) is 13.2 Å². The van der Waals surface area contributed by atoms with Crippen LogP contribution < -0.4 is 10.5 Å². The van der Waals surface area contributed by atoms with Crippen molar-refractivity contribution in [1.82, 2.24) is 0 Å². The highest BCUT2D eigenvalue weighted by atomic mass is 16.5. The topological polar surface area (TPSA) is 35.2 Å². The molecule has 0 aromatic heterocycles. The third-order valence-electron chi connectivity index (χ3n) is 4.62. The van der Waals surface area contributed by atoms with E-state index in [0.29, 0.717) is 19.1 Å². The molecule has 3 rings (SSSR count). The Morgan fingerprint density at radius 2 is 1.75 bits per heavy atom. The molecular weight excluding hydrogens is 294 g/mol. The van der Waals surface area contributed by atoms with Crippen molar-refractivity contribution >= 4 is 10.8 Å². The van der Waals surface area contributed by atoms with Crippen LogP contribution in [-0.2, 0) is 0 Å². The second-order valence-corrected chi connectivity index (χ2v) is 6.41. The summed E-state index contributed by atoms with van der Waals surface area (Å²) in [7, 11) is 0. The molecule has 2 N–H and O–H groups in total. The van der Waals surface area contributed by atoms with Gasteiger partial charge in [0.05, 0.1) is 6.61 Å². The first kappa shape index (κ1) is 16.5. The van der Waals surface area contributed by atoms with Crippen LogP contribution in [0, 0.1) is 13.8 Å². The minimum absolute atomic E-state index is 0.307. The van der Waals surface area contributed by atoms with Gasteiger partial charge in [-0.05, 0) is 66.3 Å². The number of fused-ring (bicyclic) bond motifs is 1. The van der Waals surface area contributed by atoms with Gasteiger partial charge in [0.15, 0.2) is 0 Å². The maximum Gasteiger partial charge on any atom is 0.122 e. The fourth-order valence-corrected chi connectivity index (χ4v) is 3.18. The standard InChI is InChI=1S/C22H25NO/c1-16-10-11-17(2)22(14-16)24-13-12-19(15-23)21-9-5-7-18-6-3-4-8-20(18)21/h3-11,14,19H,12-13,15,23H2,1-2H3. The third kappa shape index (κ3) is 3.60. The van der Waals surface area contributed by atoms with E-state index in [-0.39, 0.29) is 0 Å². The summed E-state index contributed by atoms with van der Waals surface area (Å²) in [4.78, 5) is 0. The number of nitrogens with two attached hydrogens (primary N) is 1. The van der Waals surface area contributed by atoms with Crippen LogP contribution in [0.15, 0.2) is 60.7 Å². The lowest BCUT2D eigenvalue weighted by molar-refractivity contribution is 0.296. The molecule has 3 aromatic rings. The van der Waals surface area contributed by atoms with Crippen molar-refractivity contribution in [2.45, 2.75) is 26.2 Å². The Morgan fingerprint density at radius 3 is 2.58 bits per heavy atom. The van der Waals surface area contributed by atoms with Crippen molar-refractivity contribution < 1.29 is 4.74 Å². The van der Waals surface area contributed by atoms with E-state index in [4.69, 9.17) is 10.5 Å². The fourth-order valence-electron chi connectivity index (χ4n) is 3.18. The molecule has 0 saturated carbocycles. The summed E-state index contributed by atoms with van der Waals surface area (Å²) in [5.74, 6) is 1.28. The zero-order valence-corrected chi connectivity index (χ0v) is 14.5. The molecule has 2 heteroatoms. The van der Waals surface area contributed by atoms with Crippen molar-refractivity contribution in [2.75, 3.05) is 13.2 Å². The van der Waals surface area contributed by atoms with Crippen LogP contribution in [0.3, 0.4) is 0 Å². The quantitative estimate of drug-likeness (QED) is 0.696. The largest absolute Gasteiger partial charge is 0.493 e. The lowest BCUT2D eigenvalue weighted by Crippen LogP contribution is -2.16. The normalized spacial score (nSPS) is 12.3. The molecule has 0 aliphatic carbocycles. The Morgan fingerprint density at radius 1 is 0.958 bits per heavy atom. The highest BCUT2D eigenvalue weighted by Crippen LogP contribution is 2.28. The second kappa shape index (κ2) is 7.50. The van der Waals surface area contributed by atoms with Gasteiger partial charge in [0.1, 0.15) is 5.75 Å². The van der Waals surface area contributed by atoms with Crippen molar-refractivity contribution in [3.63, 3.8) is 0 Å². The number of hydrogen-bond donors (Lipinski definition) is 1. The molecule has 0 spiro atoms. The molecule has 0 bridgehead atoms. The molecule has 0 aliphatic heterocycles. The monoisotopic (exact) mass is 319 g/mol. The highest BCUT2D eigenvalue weighted by molar-refractivity contribution is 5.86. The summed E-state index contributed by atoms with van der Waals surface area (Å²) < 4.78 is 6.03. The van der Waals surface area contributed by atoms with E-state index in [1.54, 1.807) is 0 Å². The molecular formula is C22H25NO. The maximum absolute atomic E-state index is 6.07. The second-order valence-electron chi connectivity index (χ2n) is 6.41. The van der Waals surface area contributed by atoms with E-state index in [1.165, 1.54) is 27.5 Å². The van der Waals surface area contributed by atoms with Crippen LogP contribution in [0.5, 0.6) is 5.75 Å². The molecule has 2 nitrogen and oxygen atoms in total. The molecule has 0 fully saturated rings. The van der Waals surface area contributed by atoms with Crippen molar-refractivity contribution in [3.05, 3.63) is 77.4 Å². The van der Waals surface area contributed by atoms with Gasteiger partial charge in [-0.3, -0.25) is 0 Å². The molecule has 0 aliphatic rings. The molecule has 0 saturated heterocycles. The molecule has 1 atom stereocenters. The Labute approximate surface area is 144 Å². The van der Waals surface area contributed by atoms with Gasteiger partial charge in [0.25, 0.3) is 0 Å². The number of rotatable bonds is 6. The van der Waals surface area contributed by atoms with E-state index in [2.05, 4.69) is 74.5 Å². The van der Waals surface area contributed by atoms with Gasteiger partial charge in [-0.1, -0.05) is 54.6 Å². The summed E-state index contributed by atoms with van der Waals surface area (Å²) in [5, 5.41) is 2.56. The van der Waals surface area contributed by atoms with Gasteiger partial charge >= 0.3 is 0 Å². The van der Waals surface area contributed by atoms with Crippen molar-refractivity contribution in [2.24, 2.45) is 5.73 Å². The van der Waals surface area contributed by atoms with Gasteiger partial charge in [0.2, 0.25) is 0 Å². The minimum atomic E-state index is 0.307. The predicted molar refractivity (Wildman–Crippen MR) is 102 cm³/mol. The summed E-state index contributed by atoms with van der Waals surface area (Å²) >= 11 is 0. The van der Waals surface area contributed by atoms with Crippen molar-refractivity contribution in [1.29, 1.82) is 0 Å². The van der Waals surface area contributed by atoms with Crippen LogP contribution in [0.4, 0.5) is 0 Å². The Balaban J connectivity index is 1.74. The molecule has 3 aromatic carbocycles. The Kier molecular flexibility index (Phi) is 5.17. The van der Waals surface area contributed by atoms with Crippen LogP contribution in [0.2, 0.25) is 0 Å². The molecule has 24 heavy (non-hydrogen) atoms. The van der Waals surface area contributed by atoms with Crippen LogP contribution >= 0.6 is 0 Å². The van der Waals surface area contributed by atoms with Crippen LogP contribution in [0.25, 0.3) is 10.8 Å². The molecule has 0 amide bonds.